The molecule has 3 aliphatic carbocycles. The van der Waals surface area contributed by atoms with Crippen LogP contribution in [0.2, 0.25) is 0 Å². The summed E-state index contributed by atoms with van der Waals surface area (Å²) >= 11 is 0. The number of furan rings is 1. The Morgan fingerprint density at radius 3 is 2.36 bits per heavy atom. The first-order chi connectivity index (χ1) is 27.7. The molecule has 7 aromatic carbocycles. The first-order valence-corrected chi connectivity index (χ1v) is 20.0. The van der Waals surface area contributed by atoms with Gasteiger partial charge < -0.3 is 8.98 Å². The van der Waals surface area contributed by atoms with Crippen LogP contribution in [0.25, 0.3) is 66.4 Å². The summed E-state index contributed by atoms with van der Waals surface area (Å²) in [6, 6.07) is 56.6. The van der Waals surface area contributed by atoms with Gasteiger partial charge in [0, 0.05) is 45.2 Å². The number of hydrogen-bond acceptors (Lipinski definition) is 1. The van der Waals surface area contributed by atoms with Gasteiger partial charge in [-0.1, -0.05) is 171 Å². The molecule has 266 valence electrons. The smallest absolute Gasteiger partial charge is 0.135 e. The summed E-state index contributed by atoms with van der Waals surface area (Å²) in [5.41, 5.74) is 13.2. The lowest BCUT2D eigenvalue weighted by Gasteiger charge is -2.38. The minimum atomic E-state index is -0.453. The standard InChI is InChI=1S/C54H39NO/c1-34-14-11-25-45-43-29-28-38(33-50(43)56-53(34)45)54(37-18-3-2-4-19-37)47-26-9-7-23-46(47)51-48(54)31-30-44-42-22-8-10-27-49(42)55(52(44)51)39-20-12-17-36(32-39)41-24-13-16-35-15-5-6-21-40(35)41/h2-13,15-34,46-47H,14H2,1H3. The van der Waals surface area contributed by atoms with Crippen LogP contribution in [0.4, 0.5) is 0 Å². The van der Waals surface area contributed by atoms with Gasteiger partial charge in [-0.3, -0.25) is 0 Å². The molecule has 2 heteroatoms. The van der Waals surface area contributed by atoms with Crippen molar-refractivity contribution in [3.8, 4) is 16.8 Å². The quantitative estimate of drug-likeness (QED) is 0.177. The summed E-state index contributed by atoms with van der Waals surface area (Å²) < 4.78 is 9.34. The highest BCUT2D eigenvalue weighted by Gasteiger charge is 2.54. The van der Waals surface area contributed by atoms with Crippen molar-refractivity contribution in [2.75, 3.05) is 0 Å². The van der Waals surface area contributed by atoms with E-state index in [9.17, 15) is 0 Å². The minimum Gasteiger partial charge on any atom is -0.460 e. The lowest BCUT2D eigenvalue weighted by molar-refractivity contribution is 0.455. The maximum atomic E-state index is 6.78. The number of allylic oxidation sites excluding steroid dienone is 5. The molecule has 0 aliphatic heterocycles. The summed E-state index contributed by atoms with van der Waals surface area (Å²) in [6.45, 7) is 2.27. The third-order valence-electron chi connectivity index (χ3n) is 13.1. The normalized spacial score (nSPS) is 20.9. The number of aromatic nitrogens is 1. The van der Waals surface area contributed by atoms with Gasteiger partial charge in [-0.2, -0.15) is 0 Å². The zero-order valence-corrected chi connectivity index (χ0v) is 31.2. The maximum Gasteiger partial charge on any atom is 0.135 e. The van der Waals surface area contributed by atoms with Gasteiger partial charge in [-0.25, -0.2) is 0 Å². The highest BCUT2D eigenvalue weighted by molar-refractivity contribution is 6.11. The molecule has 0 fully saturated rings. The summed E-state index contributed by atoms with van der Waals surface area (Å²) in [5, 5.41) is 6.28. The zero-order valence-electron chi connectivity index (χ0n) is 31.2. The molecule has 12 rings (SSSR count). The molecule has 3 aliphatic rings. The monoisotopic (exact) mass is 717 g/mol. The molecule has 9 aromatic rings. The van der Waals surface area contributed by atoms with Gasteiger partial charge in [0.05, 0.1) is 16.4 Å². The highest BCUT2D eigenvalue weighted by atomic mass is 16.3. The topological polar surface area (TPSA) is 18.1 Å². The molecule has 2 nitrogen and oxygen atoms in total. The van der Waals surface area contributed by atoms with Crippen molar-refractivity contribution >= 4 is 49.6 Å². The van der Waals surface area contributed by atoms with Crippen LogP contribution in [0, 0.1) is 5.92 Å². The molecule has 0 saturated heterocycles. The average molecular weight is 718 g/mol. The second-order valence-corrected chi connectivity index (χ2v) is 16.0. The van der Waals surface area contributed by atoms with Crippen LogP contribution in [0.1, 0.15) is 58.8 Å². The van der Waals surface area contributed by atoms with Crippen LogP contribution in [0.5, 0.6) is 0 Å². The Kier molecular flexibility index (Phi) is 6.75. The first-order valence-electron chi connectivity index (χ1n) is 20.0. The van der Waals surface area contributed by atoms with Gasteiger partial charge in [0.25, 0.3) is 0 Å². The highest BCUT2D eigenvalue weighted by Crippen LogP contribution is 2.62. The van der Waals surface area contributed by atoms with Gasteiger partial charge in [-0.05, 0) is 74.8 Å². The molecule has 2 heterocycles. The van der Waals surface area contributed by atoms with E-state index in [1.165, 1.54) is 82.6 Å². The summed E-state index contributed by atoms with van der Waals surface area (Å²) in [5.74, 6) is 1.79. The van der Waals surface area contributed by atoms with Crippen molar-refractivity contribution in [1.82, 2.24) is 4.57 Å². The Morgan fingerprint density at radius 1 is 0.643 bits per heavy atom. The third-order valence-corrected chi connectivity index (χ3v) is 13.1. The van der Waals surface area contributed by atoms with Gasteiger partial charge >= 0.3 is 0 Å². The number of rotatable bonds is 4. The van der Waals surface area contributed by atoms with Gasteiger partial charge in [0.15, 0.2) is 0 Å². The lowest BCUT2D eigenvalue weighted by atomic mass is 9.63. The SMILES string of the molecule is CC1CC=Cc2c1oc1cc(C3(c4ccccc4)c4ccc5c6ccccc6n(-c6cccc(-c7cccc8ccccc78)c6)c5c4C4C=CC=CC43)ccc21. The second kappa shape index (κ2) is 11.9. The van der Waals surface area contributed by atoms with Crippen molar-refractivity contribution in [3.63, 3.8) is 0 Å². The van der Waals surface area contributed by atoms with E-state index in [4.69, 9.17) is 4.42 Å². The molecule has 0 spiro atoms. The Morgan fingerprint density at radius 2 is 1.43 bits per heavy atom. The molecule has 0 radical (unpaired) electrons. The van der Waals surface area contributed by atoms with E-state index in [0.29, 0.717) is 5.92 Å². The van der Waals surface area contributed by atoms with Crippen LogP contribution >= 0.6 is 0 Å². The predicted octanol–water partition coefficient (Wildman–Crippen LogP) is 14.0. The number of fused-ring (bicyclic) bond motifs is 11. The van der Waals surface area contributed by atoms with E-state index in [-0.39, 0.29) is 11.8 Å². The van der Waals surface area contributed by atoms with Crippen molar-refractivity contribution in [2.45, 2.75) is 30.6 Å². The van der Waals surface area contributed by atoms with Crippen molar-refractivity contribution in [3.05, 3.63) is 216 Å². The third kappa shape index (κ3) is 4.27. The fourth-order valence-corrected chi connectivity index (χ4v) is 10.8. The number of para-hydroxylation sites is 1. The Labute approximate surface area is 326 Å². The fraction of sp³-hybridized carbons (Fsp3) is 0.111. The van der Waals surface area contributed by atoms with Gasteiger partial charge in [-0.15, -0.1) is 0 Å². The van der Waals surface area contributed by atoms with Crippen LogP contribution in [-0.4, -0.2) is 4.57 Å². The predicted molar refractivity (Wildman–Crippen MR) is 233 cm³/mol. The lowest BCUT2D eigenvalue weighted by Crippen LogP contribution is -2.35. The molecule has 0 amide bonds. The molecule has 2 aromatic heterocycles. The summed E-state index contributed by atoms with van der Waals surface area (Å²) in [7, 11) is 0. The van der Waals surface area contributed by atoms with Crippen LogP contribution in [-0.2, 0) is 5.41 Å². The van der Waals surface area contributed by atoms with Crippen molar-refractivity contribution in [2.24, 2.45) is 5.92 Å². The molecule has 56 heavy (non-hydrogen) atoms. The molecule has 0 bridgehead atoms. The Hall–Kier alpha value is -6.64. The molecule has 4 atom stereocenters. The number of benzene rings is 7. The molecular weight excluding hydrogens is 679 g/mol. The van der Waals surface area contributed by atoms with Crippen LogP contribution in [0.3, 0.4) is 0 Å². The maximum absolute atomic E-state index is 6.78. The summed E-state index contributed by atoms with van der Waals surface area (Å²) in [6.07, 6.45) is 15.0. The largest absolute Gasteiger partial charge is 0.460 e. The van der Waals surface area contributed by atoms with Crippen molar-refractivity contribution < 1.29 is 4.42 Å². The van der Waals surface area contributed by atoms with Crippen molar-refractivity contribution in [1.29, 1.82) is 0 Å². The van der Waals surface area contributed by atoms with Gasteiger partial charge in [0.2, 0.25) is 0 Å². The number of hydrogen-bond donors (Lipinski definition) is 0. The van der Waals surface area contributed by atoms with E-state index < -0.39 is 5.41 Å². The van der Waals surface area contributed by atoms with E-state index in [0.717, 1.165) is 17.8 Å². The molecule has 0 N–H and O–H groups in total. The molecular formula is C54H39NO. The second-order valence-electron chi connectivity index (χ2n) is 16.0. The molecule has 0 saturated carbocycles. The minimum absolute atomic E-state index is 0.157. The summed E-state index contributed by atoms with van der Waals surface area (Å²) in [4.78, 5) is 0. The zero-order chi connectivity index (χ0) is 37.0. The van der Waals surface area contributed by atoms with Gasteiger partial charge in [0.1, 0.15) is 11.3 Å². The van der Waals surface area contributed by atoms with E-state index in [2.05, 4.69) is 200 Å². The van der Waals surface area contributed by atoms with E-state index in [1.54, 1.807) is 0 Å². The fourth-order valence-electron chi connectivity index (χ4n) is 10.8. The Balaban J connectivity index is 1.17. The first kappa shape index (κ1) is 31.7. The number of nitrogens with zero attached hydrogens (tertiary/aromatic N) is 1. The van der Waals surface area contributed by atoms with E-state index >= 15 is 0 Å². The van der Waals surface area contributed by atoms with Crippen LogP contribution in [0.15, 0.2) is 186 Å². The van der Waals surface area contributed by atoms with Crippen LogP contribution < -0.4 is 0 Å². The van der Waals surface area contributed by atoms with E-state index in [1.807, 2.05) is 0 Å². The Bertz CT molecular complexity index is 3150. The molecule has 4 unspecified atom stereocenters. The average Bonchev–Trinajstić information content (AvgIpc) is 3.91.